The van der Waals surface area contributed by atoms with Crippen molar-refractivity contribution in [2.75, 3.05) is 6.61 Å². The maximum absolute atomic E-state index is 12.8. The number of esters is 1. The average molecular weight is 605 g/mol. The van der Waals surface area contributed by atoms with E-state index in [1.807, 2.05) is 24.3 Å². The molecule has 0 radical (unpaired) electrons. The van der Waals surface area contributed by atoms with Crippen LogP contribution in [0.5, 0.6) is 17.2 Å². The lowest BCUT2D eigenvalue weighted by molar-refractivity contribution is -0.204. The van der Waals surface area contributed by atoms with Crippen LogP contribution in [0.1, 0.15) is 50.2 Å². The molecule has 5 heteroatoms. The van der Waals surface area contributed by atoms with Crippen molar-refractivity contribution < 1.29 is 19.0 Å². The van der Waals surface area contributed by atoms with Crippen LogP contribution < -0.4 is 9.47 Å². The van der Waals surface area contributed by atoms with Gasteiger partial charge in [-0.15, -0.1) is 0 Å². The lowest BCUT2D eigenvalue weighted by Crippen LogP contribution is -2.58. The van der Waals surface area contributed by atoms with Gasteiger partial charge in [0.25, 0.3) is 0 Å². The van der Waals surface area contributed by atoms with Crippen LogP contribution in [-0.2, 0) is 9.53 Å². The molecule has 5 aliphatic rings. The Hall–Kier alpha value is -3.70. The number of carbonyl (C=O) groups is 1. The molecule has 0 aromatic heterocycles. The van der Waals surface area contributed by atoms with Crippen molar-refractivity contribution in [3.63, 3.8) is 0 Å². The molecule has 226 valence electrons. The number of hydrogen-bond donors (Lipinski definition) is 1. The third-order valence-electron chi connectivity index (χ3n) is 10.7. The van der Waals surface area contributed by atoms with Crippen molar-refractivity contribution in [1.29, 1.82) is 0 Å². The number of thiol groups is 1. The molecule has 4 aliphatic carbocycles. The summed E-state index contributed by atoms with van der Waals surface area (Å²) < 4.78 is 18.2. The van der Waals surface area contributed by atoms with Gasteiger partial charge in [0, 0.05) is 9.79 Å². The van der Waals surface area contributed by atoms with Crippen molar-refractivity contribution in [1.82, 2.24) is 0 Å². The number of ether oxygens (including phenoxy) is 3. The van der Waals surface area contributed by atoms with E-state index in [1.165, 1.54) is 69.0 Å². The molecule has 4 fully saturated rings. The van der Waals surface area contributed by atoms with Crippen LogP contribution in [0.3, 0.4) is 0 Å². The fourth-order valence-corrected chi connectivity index (χ4v) is 11.2. The Labute approximate surface area is 263 Å². The molecule has 4 bridgehead atoms. The fraction of sp³-hybridized carbons (Fsp3) is 0.359. The topological polar surface area (TPSA) is 44.8 Å². The van der Waals surface area contributed by atoms with Crippen LogP contribution >= 0.6 is 10.9 Å². The predicted molar refractivity (Wildman–Crippen MR) is 175 cm³/mol. The Morgan fingerprint density at radius 3 is 1.75 bits per heavy atom. The highest BCUT2D eigenvalue weighted by atomic mass is 32.2. The first-order valence-electron chi connectivity index (χ1n) is 16.1. The summed E-state index contributed by atoms with van der Waals surface area (Å²) in [5.41, 5.74) is 4.99. The number of benzene rings is 4. The standard InChI is InChI=1S/C39H40O4S/c1-24-4-14-36-34(16-24)35-17-25(2)5-15-37(35)44(36)33-12-10-32(11-13-33)42-31-8-6-30(7-9-31)41-23-38(40)43-39(3)28-19-26-18-27(21-28)22-29(39)20-26/h4-17,26-29,44H,18-23H2,1-3H3. The zero-order chi connectivity index (χ0) is 30.0. The molecule has 0 saturated heterocycles. The fourth-order valence-electron chi connectivity index (χ4n) is 8.64. The first-order valence-corrected chi connectivity index (χ1v) is 17.4. The predicted octanol–water partition coefficient (Wildman–Crippen LogP) is 9.69. The maximum atomic E-state index is 12.8. The molecule has 1 heterocycles. The van der Waals surface area contributed by atoms with Crippen LogP contribution in [0.15, 0.2) is 99.6 Å². The number of hydrogen-bond acceptors (Lipinski definition) is 4. The Kier molecular flexibility index (Phi) is 6.78. The van der Waals surface area contributed by atoms with E-state index in [2.05, 4.69) is 81.4 Å². The van der Waals surface area contributed by atoms with E-state index in [1.54, 1.807) is 0 Å². The molecule has 4 nitrogen and oxygen atoms in total. The third-order valence-corrected chi connectivity index (χ3v) is 13.2. The van der Waals surface area contributed by atoms with Crippen LogP contribution in [0.25, 0.3) is 11.1 Å². The van der Waals surface area contributed by atoms with Gasteiger partial charge in [0.1, 0.15) is 22.8 Å². The van der Waals surface area contributed by atoms with E-state index in [-0.39, 0.29) is 18.2 Å². The number of carbonyl (C=O) groups excluding carboxylic acids is 1. The zero-order valence-electron chi connectivity index (χ0n) is 25.7. The minimum atomic E-state index is -0.605. The van der Waals surface area contributed by atoms with Gasteiger partial charge in [-0.1, -0.05) is 35.4 Å². The quantitative estimate of drug-likeness (QED) is 0.148. The van der Waals surface area contributed by atoms with Crippen LogP contribution in [0.2, 0.25) is 0 Å². The molecule has 4 aromatic carbocycles. The van der Waals surface area contributed by atoms with Gasteiger partial charge in [-0.05, 0) is 153 Å². The van der Waals surface area contributed by atoms with Gasteiger partial charge in [-0.25, -0.2) is 4.79 Å². The molecular weight excluding hydrogens is 564 g/mol. The van der Waals surface area contributed by atoms with Crippen LogP contribution in [0, 0.1) is 37.5 Å². The molecule has 4 aromatic rings. The Bertz CT molecular complexity index is 1640. The number of rotatable bonds is 7. The van der Waals surface area contributed by atoms with Crippen molar-refractivity contribution >= 4 is 16.9 Å². The molecule has 0 N–H and O–H groups in total. The highest BCUT2D eigenvalue weighted by Crippen LogP contribution is 2.63. The summed E-state index contributed by atoms with van der Waals surface area (Å²) in [6.07, 6.45) is 6.24. The van der Waals surface area contributed by atoms with E-state index < -0.39 is 10.9 Å². The van der Waals surface area contributed by atoms with Crippen molar-refractivity contribution in [3.8, 4) is 28.4 Å². The lowest BCUT2D eigenvalue weighted by atomic mass is 9.50. The highest BCUT2D eigenvalue weighted by Gasteiger charge is 2.57. The SMILES string of the molecule is Cc1ccc2c(c1)-c1cc(C)ccc1[SH]2c1ccc(Oc2ccc(OCC(=O)OC3(C)C4CC5CC(C4)CC3C5)cc2)cc1. The summed E-state index contributed by atoms with van der Waals surface area (Å²) in [7, 11) is -0.605. The molecule has 1 aliphatic heterocycles. The minimum absolute atomic E-state index is 0.0715. The Balaban J connectivity index is 0.900. The lowest BCUT2D eigenvalue weighted by Gasteiger charge is -2.59. The molecule has 0 amide bonds. The van der Waals surface area contributed by atoms with E-state index >= 15 is 0 Å². The van der Waals surface area contributed by atoms with Gasteiger partial charge in [0.15, 0.2) is 6.61 Å². The van der Waals surface area contributed by atoms with E-state index in [0.717, 1.165) is 23.3 Å². The first-order chi connectivity index (χ1) is 21.3. The summed E-state index contributed by atoms with van der Waals surface area (Å²) in [5.74, 6) is 4.58. The molecular formula is C39H40O4S. The molecule has 0 unspecified atom stereocenters. The monoisotopic (exact) mass is 604 g/mol. The second kappa shape index (κ2) is 10.7. The Morgan fingerprint density at radius 2 is 1.20 bits per heavy atom. The van der Waals surface area contributed by atoms with Crippen molar-refractivity contribution in [2.24, 2.45) is 23.7 Å². The summed E-state index contributed by atoms with van der Waals surface area (Å²) in [6, 6.07) is 29.7. The molecule has 44 heavy (non-hydrogen) atoms. The number of fused-ring (bicyclic) bond motifs is 3. The van der Waals surface area contributed by atoms with Gasteiger partial charge >= 0.3 is 5.97 Å². The highest BCUT2D eigenvalue weighted by molar-refractivity contribution is 8.17. The van der Waals surface area contributed by atoms with Gasteiger partial charge in [-0.3, -0.25) is 0 Å². The van der Waals surface area contributed by atoms with E-state index in [0.29, 0.717) is 17.6 Å². The smallest absolute Gasteiger partial charge is 0.344 e. The van der Waals surface area contributed by atoms with Gasteiger partial charge in [0.05, 0.1) is 0 Å². The second-order valence-corrected chi connectivity index (χ2v) is 15.8. The number of aryl methyl sites for hydroxylation is 2. The molecule has 4 saturated carbocycles. The van der Waals surface area contributed by atoms with E-state index in [4.69, 9.17) is 14.2 Å². The third kappa shape index (κ3) is 4.90. The van der Waals surface area contributed by atoms with E-state index in [9.17, 15) is 4.79 Å². The molecule has 0 atom stereocenters. The van der Waals surface area contributed by atoms with Crippen LogP contribution in [-0.4, -0.2) is 18.2 Å². The van der Waals surface area contributed by atoms with Crippen LogP contribution in [0.4, 0.5) is 0 Å². The van der Waals surface area contributed by atoms with Gasteiger partial charge < -0.3 is 14.2 Å². The average Bonchev–Trinajstić information content (AvgIpc) is 3.32. The van der Waals surface area contributed by atoms with Crippen molar-refractivity contribution in [3.05, 3.63) is 96.1 Å². The van der Waals surface area contributed by atoms with Gasteiger partial charge in [0.2, 0.25) is 0 Å². The summed E-state index contributed by atoms with van der Waals surface area (Å²) >= 11 is 0. The summed E-state index contributed by atoms with van der Waals surface area (Å²) in [6.45, 7) is 6.43. The normalized spacial score (nSPS) is 26.7. The molecule has 0 spiro atoms. The maximum Gasteiger partial charge on any atom is 0.344 e. The van der Waals surface area contributed by atoms with Gasteiger partial charge in [-0.2, -0.15) is 10.9 Å². The second-order valence-electron chi connectivity index (χ2n) is 13.7. The largest absolute Gasteiger partial charge is 0.482 e. The zero-order valence-corrected chi connectivity index (χ0v) is 26.6. The summed E-state index contributed by atoms with van der Waals surface area (Å²) in [5, 5.41) is 0. The Morgan fingerprint density at radius 1 is 0.705 bits per heavy atom. The minimum Gasteiger partial charge on any atom is -0.482 e. The summed E-state index contributed by atoms with van der Waals surface area (Å²) in [4.78, 5) is 17.0. The molecule has 9 rings (SSSR count). The van der Waals surface area contributed by atoms with Crippen molar-refractivity contribution in [2.45, 2.75) is 73.2 Å². The first kappa shape index (κ1) is 27.8.